The van der Waals surface area contributed by atoms with Crippen LogP contribution in [0.5, 0.6) is 0 Å². The van der Waals surface area contributed by atoms with Gasteiger partial charge in [-0.3, -0.25) is 9.89 Å². The third-order valence-corrected chi connectivity index (χ3v) is 4.31. The molecule has 0 unspecified atom stereocenters. The highest BCUT2D eigenvalue weighted by molar-refractivity contribution is 8.00. The lowest BCUT2D eigenvalue weighted by Gasteiger charge is -2.04. The van der Waals surface area contributed by atoms with Gasteiger partial charge in [0.05, 0.1) is 5.02 Å². The van der Waals surface area contributed by atoms with Crippen LogP contribution in [0, 0.1) is 0 Å². The van der Waals surface area contributed by atoms with Crippen molar-refractivity contribution in [2.75, 3.05) is 0 Å². The van der Waals surface area contributed by atoms with E-state index in [0.717, 1.165) is 11.8 Å². The maximum atomic E-state index is 11.0. The number of H-pyrrole nitrogens is 1. The summed E-state index contributed by atoms with van der Waals surface area (Å²) in [5.41, 5.74) is 0.666. The van der Waals surface area contributed by atoms with E-state index in [-0.39, 0.29) is 0 Å². The zero-order valence-electron chi connectivity index (χ0n) is 10.4. The van der Waals surface area contributed by atoms with Gasteiger partial charge in [-0.05, 0) is 24.6 Å². The number of aromatic amines is 1. The van der Waals surface area contributed by atoms with E-state index >= 15 is 0 Å². The summed E-state index contributed by atoms with van der Waals surface area (Å²) in [6.45, 7) is 1.80. The van der Waals surface area contributed by atoms with Gasteiger partial charge in [0.2, 0.25) is 5.16 Å². The van der Waals surface area contributed by atoms with Crippen molar-refractivity contribution in [2.24, 2.45) is 0 Å². The van der Waals surface area contributed by atoms with Crippen molar-refractivity contribution in [1.29, 1.82) is 0 Å². The fourth-order valence-electron chi connectivity index (χ4n) is 1.54. The quantitative estimate of drug-likeness (QED) is 0.816. The standard InChI is InChI=1S/C12H11Cl2N3O2S/c1-2-9(11(18)19)20-12-15-10(16-17-12)7-4-3-6(13)5-8(7)14/h3-5,9H,2H2,1H3,(H,18,19)(H,15,16,17)/t9-/m1/s1. The molecule has 106 valence electrons. The zero-order valence-corrected chi connectivity index (χ0v) is 12.8. The summed E-state index contributed by atoms with van der Waals surface area (Å²) in [4.78, 5) is 15.2. The van der Waals surface area contributed by atoms with Gasteiger partial charge < -0.3 is 5.11 Å². The molecule has 8 heteroatoms. The molecule has 0 bridgehead atoms. The van der Waals surface area contributed by atoms with Crippen LogP contribution in [0.25, 0.3) is 11.4 Å². The van der Waals surface area contributed by atoms with Crippen molar-refractivity contribution >= 4 is 40.9 Å². The van der Waals surface area contributed by atoms with Gasteiger partial charge in [-0.25, -0.2) is 4.98 Å². The Morgan fingerprint density at radius 1 is 1.50 bits per heavy atom. The van der Waals surface area contributed by atoms with E-state index < -0.39 is 11.2 Å². The van der Waals surface area contributed by atoms with Crippen LogP contribution in [0.1, 0.15) is 13.3 Å². The summed E-state index contributed by atoms with van der Waals surface area (Å²) in [6.07, 6.45) is 0.492. The first-order chi connectivity index (χ1) is 9.51. The average molecular weight is 332 g/mol. The third-order valence-electron chi connectivity index (χ3n) is 2.55. The van der Waals surface area contributed by atoms with Crippen molar-refractivity contribution in [1.82, 2.24) is 15.2 Å². The first-order valence-corrected chi connectivity index (χ1v) is 7.42. The molecule has 0 aliphatic rings. The highest BCUT2D eigenvalue weighted by atomic mass is 35.5. The van der Waals surface area contributed by atoms with Crippen LogP contribution in [0.3, 0.4) is 0 Å². The van der Waals surface area contributed by atoms with E-state index in [4.69, 9.17) is 28.3 Å². The molecule has 2 rings (SSSR count). The minimum Gasteiger partial charge on any atom is -0.480 e. The Labute approximate surface area is 129 Å². The predicted octanol–water partition coefficient (Wildman–Crippen LogP) is 3.73. The molecule has 0 aliphatic carbocycles. The Balaban J connectivity index is 2.22. The lowest BCUT2D eigenvalue weighted by molar-refractivity contribution is -0.136. The number of carboxylic acids is 1. The van der Waals surface area contributed by atoms with E-state index in [2.05, 4.69) is 15.2 Å². The Bertz CT molecular complexity index is 633. The van der Waals surface area contributed by atoms with Crippen molar-refractivity contribution < 1.29 is 9.90 Å². The molecule has 2 aromatic rings. The molecule has 0 radical (unpaired) electrons. The largest absolute Gasteiger partial charge is 0.480 e. The Morgan fingerprint density at radius 2 is 2.25 bits per heavy atom. The normalized spacial score (nSPS) is 12.3. The molecule has 0 saturated carbocycles. The molecule has 1 aromatic heterocycles. The highest BCUT2D eigenvalue weighted by Crippen LogP contribution is 2.30. The van der Waals surface area contributed by atoms with Gasteiger partial charge in [0.1, 0.15) is 5.25 Å². The lowest BCUT2D eigenvalue weighted by Crippen LogP contribution is -2.14. The summed E-state index contributed by atoms with van der Waals surface area (Å²) < 4.78 is 0. The minimum atomic E-state index is -0.881. The molecule has 0 amide bonds. The zero-order chi connectivity index (χ0) is 14.7. The van der Waals surface area contributed by atoms with E-state index in [1.54, 1.807) is 25.1 Å². The fourth-order valence-corrected chi connectivity index (χ4v) is 2.80. The van der Waals surface area contributed by atoms with Crippen molar-refractivity contribution in [3.8, 4) is 11.4 Å². The molecule has 0 aliphatic heterocycles. The number of thioether (sulfide) groups is 1. The van der Waals surface area contributed by atoms with E-state index in [0.29, 0.717) is 33.0 Å². The number of hydrogen-bond donors (Lipinski definition) is 2. The molecule has 20 heavy (non-hydrogen) atoms. The molecule has 1 heterocycles. The number of benzene rings is 1. The topological polar surface area (TPSA) is 78.9 Å². The van der Waals surface area contributed by atoms with Crippen LogP contribution in [0.2, 0.25) is 10.0 Å². The fraction of sp³-hybridized carbons (Fsp3) is 0.250. The first-order valence-electron chi connectivity index (χ1n) is 5.78. The number of nitrogens with zero attached hydrogens (tertiary/aromatic N) is 2. The van der Waals surface area contributed by atoms with E-state index in [1.807, 2.05) is 0 Å². The predicted molar refractivity (Wildman–Crippen MR) is 79.4 cm³/mol. The van der Waals surface area contributed by atoms with Crippen LogP contribution in [0.4, 0.5) is 0 Å². The molecule has 0 fully saturated rings. The van der Waals surface area contributed by atoms with Crippen LogP contribution >= 0.6 is 35.0 Å². The van der Waals surface area contributed by atoms with Crippen LogP contribution in [-0.4, -0.2) is 31.5 Å². The molecule has 2 N–H and O–H groups in total. The Hall–Kier alpha value is -1.24. The molecule has 0 spiro atoms. The summed E-state index contributed by atoms with van der Waals surface area (Å²) in [7, 11) is 0. The molecule has 1 aromatic carbocycles. The first kappa shape index (κ1) is 15.2. The Kier molecular flexibility index (Phi) is 4.91. The third kappa shape index (κ3) is 3.45. The number of nitrogens with one attached hydrogen (secondary N) is 1. The number of carboxylic acid groups (broad SMARTS) is 1. The van der Waals surface area contributed by atoms with Crippen molar-refractivity contribution in [2.45, 2.75) is 23.8 Å². The van der Waals surface area contributed by atoms with E-state index in [9.17, 15) is 4.79 Å². The second-order valence-electron chi connectivity index (χ2n) is 3.94. The summed E-state index contributed by atoms with van der Waals surface area (Å²) in [5.74, 6) is -0.400. The smallest absolute Gasteiger partial charge is 0.317 e. The monoisotopic (exact) mass is 331 g/mol. The summed E-state index contributed by atoms with van der Waals surface area (Å²) in [5, 5.41) is 16.5. The van der Waals surface area contributed by atoms with Gasteiger partial charge in [0.25, 0.3) is 0 Å². The number of halogens is 2. The number of rotatable bonds is 5. The average Bonchev–Trinajstić information content (AvgIpc) is 2.83. The SMILES string of the molecule is CC[C@@H](Sc1n[nH]c(-c2ccc(Cl)cc2Cl)n1)C(=O)O. The highest BCUT2D eigenvalue weighted by Gasteiger charge is 2.19. The second-order valence-corrected chi connectivity index (χ2v) is 5.96. The van der Waals surface area contributed by atoms with Crippen molar-refractivity contribution in [3.05, 3.63) is 28.2 Å². The number of hydrogen-bond acceptors (Lipinski definition) is 4. The lowest BCUT2D eigenvalue weighted by atomic mass is 10.2. The van der Waals surface area contributed by atoms with Gasteiger partial charge >= 0.3 is 5.97 Å². The number of aliphatic carboxylic acids is 1. The van der Waals surface area contributed by atoms with Gasteiger partial charge in [0.15, 0.2) is 5.82 Å². The minimum absolute atomic E-state index is 0.375. The van der Waals surface area contributed by atoms with Gasteiger partial charge in [-0.1, -0.05) is 41.9 Å². The van der Waals surface area contributed by atoms with Gasteiger partial charge in [-0.2, -0.15) is 0 Å². The maximum Gasteiger partial charge on any atom is 0.317 e. The molecule has 0 saturated heterocycles. The van der Waals surface area contributed by atoms with Crippen LogP contribution < -0.4 is 0 Å². The molecule has 5 nitrogen and oxygen atoms in total. The molecular formula is C12H11Cl2N3O2S. The summed E-state index contributed by atoms with van der Waals surface area (Å²) >= 11 is 13.0. The number of aromatic nitrogens is 3. The van der Waals surface area contributed by atoms with Crippen molar-refractivity contribution in [3.63, 3.8) is 0 Å². The van der Waals surface area contributed by atoms with Gasteiger partial charge in [-0.15, -0.1) is 5.10 Å². The second kappa shape index (κ2) is 6.47. The number of carbonyl (C=O) groups is 1. The van der Waals surface area contributed by atoms with E-state index in [1.165, 1.54) is 0 Å². The maximum absolute atomic E-state index is 11.0. The molecular weight excluding hydrogens is 321 g/mol. The molecule has 1 atom stereocenters. The summed E-state index contributed by atoms with van der Waals surface area (Å²) in [6, 6.07) is 5.04. The van der Waals surface area contributed by atoms with Crippen LogP contribution in [-0.2, 0) is 4.79 Å². The van der Waals surface area contributed by atoms with Gasteiger partial charge in [0, 0.05) is 10.6 Å². The Morgan fingerprint density at radius 3 is 2.85 bits per heavy atom. The van der Waals surface area contributed by atoms with Crippen LogP contribution in [0.15, 0.2) is 23.4 Å².